The van der Waals surface area contributed by atoms with E-state index in [-0.39, 0.29) is 36.5 Å². The Morgan fingerprint density at radius 2 is 1.36 bits per heavy atom. The molecule has 0 aliphatic heterocycles. The Bertz CT molecular complexity index is 812. The minimum absolute atomic E-state index is 0.00693. The molecule has 0 heterocycles. The van der Waals surface area contributed by atoms with Gasteiger partial charge in [-0.05, 0) is 38.5 Å². The first kappa shape index (κ1) is 35.9. The molecular weight excluding hydrogens is 496 g/mol. The van der Waals surface area contributed by atoms with Crippen LogP contribution in [0.4, 0.5) is 0 Å². The summed E-state index contributed by atoms with van der Waals surface area (Å²) in [4.78, 5) is 52.8. The number of nitrogens with two attached hydrogens (primary N) is 1. The molecule has 0 aromatic rings. The molecule has 0 spiro atoms. The van der Waals surface area contributed by atoms with Gasteiger partial charge < -0.3 is 31.1 Å². The van der Waals surface area contributed by atoms with E-state index >= 15 is 0 Å². The highest BCUT2D eigenvalue weighted by molar-refractivity contribution is 5.83. The van der Waals surface area contributed by atoms with Gasteiger partial charge in [-0.1, -0.05) is 30.9 Å². The first-order valence-corrected chi connectivity index (χ1v) is 14.0. The topological polar surface area (TPSA) is 128 Å². The summed E-state index contributed by atoms with van der Waals surface area (Å²) in [7, 11) is 5.46. The number of nitrogens with one attached hydrogen (secondary N) is 2. The molecule has 4 amide bonds. The van der Waals surface area contributed by atoms with E-state index in [2.05, 4.69) is 22.1 Å². The van der Waals surface area contributed by atoms with Gasteiger partial charge in [0.1, 0.15) is 0 Å². The van der Waals surface area contributed by atoms with E-state index in [9.17, 15) is 19.2 Å². The van der Waals surface area contributed by atoms with Gasteiger partial charge in [-0.15, -0.1) is 0 Å². The Hall–Kier alpha value is -3.14. The summed E-state index contributed by atoms with van der Waals surface area (Å²) in [5.41, 5.74) is 6.38. The van der Waals surface area contributed by atoms with E-state index in [0.717, 1.165) is 37.9 Å². The molecule has 0 aromatic carbocycles. The second-order valence-corrected chi connectivity index (χ2v) is 9.72. The van der Waals surface area contributed by atoms with Gasteiger partial charge in [-0.3, -0.25) is 19.2 Å². The van der Waals surface area contributed by atoms with Crippen molar-refractivity contribution in [2.75, 3.05) is 60.4 Å². The molecule has 10 nitrogen and oxygen atoms in total. The van der Waals surface area contributed by atoms with E-state index in [1.54, 1.807) is 23.9 Å². The van der Waals surface area contributed by atoms with Gasteiger partial charge in [0.25, 0.3) is 0 Å². The van der Waals surface area contributed by atoms with E-state index in [1.807, 2.05) is 31.4 Å². The van der Waals surface area contributed by atoms with Crippen LogP contribution in [0, 0.1) is 0 Å². The van der Waals surface area contributed by atoms with E-state index in [0.29, 0.717) is 52.0 Å². The van der Waals surface area contributed by atoms with Crippen molar-refractivity contribution in [2.45, 2.75) is 64.7 Å². The zero-order valence-electron chi connectivity index (χ0n) is 24.7. The first-order valence-electron chi connectivity index (χ1n) is 14.0. The van der Waals surface area contributed by atoms with Crippen LogP contribution in [0.1, 0.15) is 64.7 Å². The molecule has 0 atom stereocenters. The van der Waals surface area contributed by atoms with Gasteiger partial charge in [0.2, 0.25) is 23.6 Å². The summed E-state index contributed by atoms with van der Waals surface area (Å²) in [5.74, 6) is -0.162. The Kier molecular flexibility index (Phi) is 21.0. The molecule has 0 rings (SSSR count). The predicted molar refractivity (Wildman–Crippen MR) is 158 cm³/mol. The molecule has 0 aliphatic carbocycles. The maximum Gasteiger partial charge on any atom is 0.222 e. The van der Waals surface area contributed by atoms with Gasteiger partial charge in [-0.25, -0.2) is 0 Å². The number of allylic oxidation sites excluding steroid dienone is 1. The Morgan fingerprint density at radius 3 is 2.03 bits per heavy atom. The SMILES string of the molecule is C=C(CCC(=O)NCCCCCN(C)C(=O)CCC(=O)NCC/C=C/CN(C)C(C)=O)N(C)CC/C=C/CN. The van der Waals surface area contributed by atoms with Crippen LogP contribution in [0.3, 0.4) is 0 Å². The highest BCUT2D eigenvalue weighted by atomic mass is 16.2. The molecule has 0 aliphatic rings. The molecule has 0 unspecified atom stereocenters. The number of rotatable bonds is 22. The summed E-state index contributed by atoms with van der Waals surface area (Å²) < 4.78 is 0. The molecule has 0 aromatic heterocycles. The van der Waals surface area contributed by atoms with Crippen molar-refractivity contribution in [3.63, 3.8) is 0 Å². The van der Waals surface area contributed by atoms with E-state index in [1.165, 1.54) is 6.92 Å². The van der Waals surface area contributed by atoms with Crippen molar-refractivity contribution in [3.05, 3.63) is 36.6 Å². The van der Waals surface area contributed by atoms with Crippen LogP contribution in [0.2, 0.25) is 0 Å². The average molecular weight is 549 g/mol. The molecular formula is C29H52N6O4. The number of carbonyl (C=O) groups is 4. The number of hydrogen-bond acceptors (Lipinski definition) is 6. The zero-order valence-corrected chi connectivity index (χ0v) is 24.7. The summed E-state index contributed by atoms with van der Waals surface area (Å²) in [5, 5.41) is 5.76. The summed E-state index contributed by atoms with van der Waals surface area (Å²) in [6.45, 7) is 9.26. The van der Waals surface area contributed by atoms with Crippen LogP contribution in [0.15, 0.2) is 36.6 Å². The fraction of sp³-hybridized carbons (Fsp3) is 0.655. The van der Waals surface area contributed by atoms with Crippen LogP contribution >= 0.6 is 0 Å². The zero-order chi connectivity index (χ0) is 29.5. The fourth-order valence-corrected chi connectivity index (χ4v) is 3.45. The fourth-order valence-electron chi connectivity index (χ4n) is 3.45. The second kappa shape index (κ2) is 22.8. The number of likely N-dealkylation sites (N-methyl/N-ethyl adjacent to an activating group) is 1. The predicted octanol–water partition coefficient (Wildman–Crippen LogP) is 2.18. The van der Waals surface area contributed by atoms with Gasteiger partial charge in [0, 0.05) is 92.3 Å². The quantitative estimate of drug-likeness (QED) is 0.141. The molecule has 0 bridgehead atoms. The third-order valence-electron chi connectivity index (χ3n) is 6.32. The third-order valence-corrected chi connectivity index (χ3v) is 6.32. The maximum absolute atomic E-state index is 12.3. The van der Waals surface area contributed by atoms with Gasteiger partial charge in [-0.2, -0.15) is 0 Å². The highest BCUT2D eigenvalue weighted by Crippen LogP contribution is 2.08. The van der Waals surface area contributed by atoms with Crippen molar-refractivity contribution in [1.29, 1.82) is 0 Å². The van der Waals surface area contributed by atoms with Crippen molar-refractivity contribution in [1.82, 2.24) is 25.3 Å². The molecule has 0 saturated heterocycles. The highest BCUT2D eigenvalue weighted by Gasteiger charge is 2.11. The molecule has 0 radical (unpaired) electrons. The lowest BCUT2D eigenvalue weighted by Crippen LogP contribution is -2.30. The maximum atomic E-state index is 12.3. The number of carbonyl (C=O) groups excluding carboxylic acids is 4. The van der Waals surface area contributed by atoms with Gasteiger partial charge in [0.05, 0.1) is 0 Å². The molecule has 39 heavy (non-hydrogen) atoms. The summed E-state index contributed by atoms with van der Waals surface area (Å²) in [6.07, 6.45) is 13.4. The van der Waals surface area contributed by atoms with Crippen LogP contribution in [-0.4, -0.2) is 98.7 Å². The summed E-state index contributed by atoms with van der Waals surface area (Å²) in [6, 6.07) is 0. The largest absolute Gasteiger partial charge is 0.378 e. The van der Waals surface area contributed by atoms with Crippen molar-refractivity contribution >= 4 is 23.6 Å². The molecule has 4 N–H and O–H groups in total. The smallest absolute Gasteiger partial charge is 0.222 e. The average Bonchev–Trinajstić information content (AvgIpc) is 2.91. The Morgan fingerprint density at radius 1 is 0.718 bits per heavy atom. The number of unbranched alkanes of at least 4 members (excludes halogenated alkanes) is 2. The number of hydrogen-bond donors (Lipinski definition) is 3. The number of nitrogens with zero attached hydrogens (tertiary/aromatic N) is 3. The molecule has 0 saturated carbocycles. The van der Waals surface area contributed by atoms with E-state index in [4.69, 9.17) is 5.73 Å². The van der Waals surface area contributed by atoms with Crippen molar-refractivity contribution in [3.8, 4) is 0 Å². The Balaban J connectivity index is 3.82. The van der Waals surface area contributed by atoms with E-state index < -0.39 is 0 Å². The van der Waals surface area contributed by atoms with Gasteiger partial charge >= 0.3 is 0 Å². The monoisotopic (exact) mass is 548 g/mol. The lowest BCUT2D eigenvalue weighted by molar-refractivity contribution is -0.132. The second-order valence-electron chi connectivity index (χ2n) is 9.72. The minimum Gasteiger partial charge on any atom is -0.378 e. The van der Waals surface area contributed by atoms with Crippen LogP contribution in [0.25, 0.3) is 0 Å². The third kappa shape index (κ3) is 20.5. The summed E-state index contributed by atoms with van der Waals surface area (Å²) >= 11 is 0. The Labute approximate surface area is 235 Å². The minimum atomic E-state index is -0.142. The van der Waals surface area contributed by atoms with Gasteiger partial charge in [0.15, 0.2) is 0 Å². The molecule has 222 valence electrons. The molecule has 0 fully saturated rings. The van der Waals surface area contributed by atoms with Crippen LogP contribution in [-0.2, 0) is 19.2 Å². The molecule has 10 heteroatoms. The van der Waals surface area contributed by atoms with Crippen LogP contribution < -0.4 is 16.4 Å². The normalized spacial score (nSPS) is 11.0. The van der Waals surface area contributed by atoms with Crippen molar-refractivity contribution < 1.29 is 19.2 Å². The number of amides is 4. The van der Waals surface area contributed by atoms with Crippen LogP contribution in [0.5, 0.6) is 0 Å². The van der Waals surface area contributed by atoms with Crippen molar-refractivity contribution in [2.24, 2.45) is 5.73 Å². The first-order chi connectivity index (χ1) is 18.6. The lowest BCUT2D eigenvalue weighted by Gasteiger charge is -2.21. The lowest BCUT2D eigenvalue weighted by atomic mass is 10.2. The standard InChI is InChI=1S/C29H52N6O4/c1-25(33(3)22-12-6-9-19-30)15-16-27(37)31-20-11-8-14-24-35(5)29(39)18-17-28(38)32-21-10-7-13-23-34(4)26(2)36/h6-7,9,13H,1,8,10-12,14-24,30H2,2-5H3,(H,31,37)(H,32,38)/b9-6+,13-7+.